The summed E-state index contributed by atoms with van der Waals surface area (Å²) in [6.45, 7) is 3.98. The van der Waals surface area contributed by atoms with Gasteiger partial charge in [-0.3, -0.25) is 4.79 Å². The van der Waals surface area contributed by atoms with E-state index < -0.39 is 10.0 Å². The first kappa shape index (κ1) is 23.8. The highest BCUT2D eigenvalue weighted by atomic mass is 32.2. The first-order valence-electron chi connectivity index (χ1n) is 9.45. The zero-order valence-electron chi connectivity index (χ0n) is 17.8. The van der Waals surface area contributed by atoms with Gasteiger partial charge in [0.2, 0.25) is 15.9 Å². The van der Waals surface area contributed by atoms with Gasteiger partial charge in [0.25, 0.3) is 0 Å². The summed E-state index contributed by atoms with van der Waals surface area (Å²) < 4.78 is 44.3. The van der Waals surface area contributed by atoms with Gasteiger partial charge in [0.1, 0.15) is 11.6 Å². The topological polar surface area (TPSA) is 87.7 Å². The van der Waals surface area contributed by atoms with E-state index in [2.05, 4.69) is 10.6 Å². The molecule has 9 heteroatoms. The third-order valence-electron chi connectivity index (χ3n) is 4.60. The Balaban J connectivity index is 2.15. The molecule has 0 bridgehead atoms. The molecule has 0 heterocycles. The molecule has 164 valence electrons. The number of hydrogen-bond acceptors (Lipinski definition) is 5. The van der Waals surface area contributed by atoms with Gasteiger partial charge in [-0.05, 0) is 41.8 Å². The number of methoxy groups -OCH3 is 1. The third kappa shape index (κ3) is 5.78. The normalized spacial score (nSPS) is 12.8. The number of rotatable bonds is 9. The van der Waals surface area contributed by atoms with Gasteiger partial charge in [-0.15, -0.1) is 0 Å². The van der Waals surface area contributed by atoms with Gasteiger partial charge < -0.3 is 15.4 Å². The predicted octanol–water partition coefficient (Wildman–Crippen LogP) is 3.01. The molecule has 0 saturated heterocycles. The smallest absolute Gasteiger partial charge is 0.242 e. The summed E-state index contributed by atoms with van der Waals surface area (Å²) >= 11 is 0. The van der Waals surface area contributed by atoms with Gasteiger partial charge in [-0.1, -0.05) is 26.0 Å². The van der Waals surface area contributed by atoms with Crippen molar-refractivity contribution in [3.63, 3.8) is 0 Å². The van der Waals surface area contributed by atoms with Crippen molar-refractivity contribution in [2.75, 3.05) is 33.1 Å². The summed E-state index contributed by atoms with van der Waals surface area (Å²) in [6.07, 6.45) is 0. The zero-order chi connectivity index (χ0) is 22.5. The second kappa shape index (κ2) is 10.0. The number of nitrogens with one attached hydrogen (secondary N) is 2. The van der Waals surface area contributed by atoms with E-state index >= 15 is 0 Å². The summed E-state index contributed by atoms with van der Waals surface area (Å²) in [4.78, 5) is 12.6. The largest absolute Gasteiger partial charge is 0.495 e. The Bertz CT molecular complexity index is 976. The molecule has 0 aliphatic rings. The average molecular weight is 438 g/mol. The number of carbonyl (C=O) groups is 1. The van der Waals surface area contributed by atoms with Crippen molar-refractivity contribution < 1.29 is 22.3 Å². The molecular formula is C21H28FN3O4S. The van der Waals surface area contributed by atoms with Crippen molar-refractivity contribution in [3.8, 4) is 5.75 Å². The van der Waals surface area contributed by atoms with Crippen molar-refractivity contribution in [1.82, 2.24) is 9.62 Å². The molecule has 1 atom stereocenters. The van der Waals surface area contributed by atoms with Crippen LogP contribution in [0.4, 0.5) is 10.1 Å². The van der Waals surface area contributed by atoms with E-state index in [1.807, 2.05) is 13.8 Å². The molecule has 2 N–H and O–H groups in total. The van der Waals surface area contributed by atoms with Gasteiger partial charge in [0, 0.05) is 20.1 Å². The van der Waals surface area contributed by atoms with Crippen LogP contribution in [-0.4, -0.2) is 46.4 Å². The molecule has 0 unspecified atom stereocenters. The predicted molar refractivity (Wildman–Crippen MR) is 114 cm³/mol. The van der Waals surface area contributed by atoms with Crippen molar-refractivity contribution >= 4 is 21.6 Å². The maximum atomic E-state index is 13.2. The third-order valence-corrected chi connectivity index (χ3v) is 6.41. The molecule has 1 amide bonds. The van der Waals surface area contributed by atoms with Gasteiger partial charge in [0.05, 0.1) is 24.2 Å². The molecule has 7 nitrogen and oxygen atoms in total. The zero-order valence-corrected chi connectivity index (χ0v) is 18.6. The summed E-state index contributed by atoms with van der Waals surface area (Å²) in [5.41, 5.74) is 1.13. The van der Waals surface area contributed by atoms with E-state index in [1.54, 1.807) is 12.1 Å². The fourth-order valence-corrected chi connectivity index (χ4v) is 3.89. The molecule has 0 spiro atoms. The van der Waals surface area contributed by atoms with E-state index in [0.29, 0.717) is 5.75 Å². The first-order chi connectivity index (χ1) is 14.1. The maximum Gasteiger partial charge on any atom is 0.242 e. The van der Waals surface area contributed by atoms with Crippen LogP contribution in [0.3, 0.4) is 0 Å². The van der Waals surface area contributed by atoms with E-state index in [4.69, 9.17) is 4.74 Å². The van der Waals surface area contributed by atoms with Crippen LogP contribution in [0, 0.1) is 11.7 Å². The van der Waals surface area contributed by atoms with E-state index in [9.17, 15) is 17.6 Å². The molecule has 2 aromatic carbocycles. The highest BCUT2D eigenvalue weighted by Gasteiger charge is 2.21. The molecule has 0 radical (unpaired) electrons. The van der Waals surface area contributed by atoms with Crippen LogP contribution in [0.25, 0.3) is 0 Å². The van der Waals surface area contributed by atoms with Crippen LogP contribution in [-0.2, 0) is 14.8 Å². The quantitative estimate of drug-likeness (QED) is 0.630. The number of benzene rings is 2. The summed E-state index contributed by atoms with van der Waals surface area (Å²) in [5.74, 6) is -0.175. The van der Waals surface area contributed by atoms with E-state index in [-0.39, 0.29) is 40.8 Å². The SMILES string of the molecule is COc1ccc(S(=O)(=O)N(C)C)cc1NC(=O)CN[C@H](c1ccc(F)cc1)C(C)C. The fourth-order valence-electron chi connectivity index (χ4n) is 2.96. The van der Waals surface area contributed by atoms with Crippen molar-refractivity contribution in [1.29, 1.82) is 0 Å². The molecule has 30 heavy (non-hydrogen) atoms. The molecule has 0 aliphatic heterocycles. The Morgan fingerprint density at radius 3 is 2.30 bits per heavy atom. The molecule has 2 aromatic rings. The van der Waals surface area contributed by atoms with Gasteiger partial charge in [0.15, 0.2) is 0 Å². The molecule has 0 fully saturated rings. The van der Waals surface area contributed by atoms with Crippen LogP contribution in [0.1, 0.15) is 25.5 Å². The van der Waals surface area contributed by atoms with Crippen LogP contribution < -0.4 is 15.4 Å². The minimum absolute atomic E-state index is 0.0198. The number of nitrogens with zero attached hydrogens (tertiary/aromatic N) is 1. The average Bonchev–Trinajstić information content (AvgIpc) is 2.69. The second-order valence-electron chi connectivity index (χ2n) is 7.35. The van der Waals surface area contributed by atoms with Crippen molar-refractivity contribution in [2.45, 2.75) is 24.8 Å². The maximum absolute atomic E-state index is 13.2. The Morgan fingerprint density at radius 1 is 1.13 bits per heavy atom. The Morgan fingerprint density at radius 2 is 1.77 bits per heavy atom. The number of hydrogen-bond donors (Lipinski definition) is 2. The van der Waals surface area contributed by atoms with E-state index in [0.717, 1.165) is 9.87 Å². The monoisotopic (exact) mass is 437 g/mol. The van der Waals surface area contributed by atoms with Crippen LogP contribution in [0.2, 0.25) is 0 Å². The highest BCUT2D eigenvalue weighted by molar-refractivity contribution is 7.89. The second-order valence-corrected chi connectivity index (χ2v) is 9.50. The van der Waals surface area contributed by atoms with Gasteiger partial charge >= 0.3 is 0 Å². The molecule has 0 saturated carbocycles. The van der Waals surface area contributed by atoms with Crippen LogP contribution in [0.15, 0.2) is 47.4 Å². The summed E-state index contributed by atoms with van der Waals surface area (Å²) in [7, 11) is 0.648. The molecular weight excluding hydrogens is 409 g/mol. The number of halogens is 1. The minimum Gasteiger partial charge on any atom is -0.495 e. The Hall–Kier alpha value is -2.49. The summed E-state index contributed by atoms with van der Waals surface area (Å²) in [6, 6.07) is 10.3. The minimum atomic E-state index is -3.66. The Labute approximate surface area is 177 Å². The standard InChI is InChI=1S/C21H28FN3O4S/c1-14(2)21(15-6-8-16(22)9-7-15)23-13-20(26)24-18-12-17(10-11-19(18)29-5)30(27,28)25(3)4/h6-12,14,21,23H,13H2,1-5H3,(H,24,26)/t21-/m0/s1. The molecule has 2 rings (SSSR count). The van der Waals surface area contributed by atoms with Crippen LogP contribution in [0.5, 0.6) is 5.75 Å². The lowest BCUT2D eigenvalue weighted by Gasteiger charge is -2.23. The lowest BCUT2D eigenvalue weighted by atomic mass is 9.96. The molecule has 0 aliphatic carbocycles. The first-order valence-corrected chi connectivity index (χ1v) is 10.9. The van der Waals surface area contributed by atoms with Crippen LogP contribution >= 0.6 is 0 Å². The highest BCUT2D eigenvalue weighted by Crippen LogP contribution is 2.28. The lowest BCUT2D eigenvalue weighted by Crippen LogP contribution is -2.33. The number of amides is 1. The summed E-state index contributed by atoms with van der Waals surface area (Å²) in [5, 5.41) is 5.87. The van der Waals surface area contributed by atoms with Gasteiger partial charge in [-0.25, -0.2) is 17.1 Å². The van der Waals surface area contributed by atoms with Crippen molar-refractivity contribution in [3.05, 3.63) is 53.8 Å². The number of sulfonamides is 1. The Kier molecular flexibility index (Phi) is 7.94. The number of ether oxygens (including phenoxy) is 1. The molecule has 0 aromatic heterocycles. The lowest BCUT2D eigenvalue weighted by molar-refractivity contribution is -0.115. The van der Waals surface area contributed by atoms with E-state index in [1.165, 1.54) is 51.5 Å². The number of carbonyl (C=O) groups excluding carboxylic acids is 1. The number of anilines is 1. The van der Waals surface area contributed by atoms with Gasteiger partial charge in [-0.2, -0.15) is 0 Å². The van der Waals surface area contributed by atoms with Crippen molar-refractivity contribution in [2.24, 2.45) is 5.92 Å². The fraction of sp³-hybridized carbons (Fsp3) is 0.381.